The van der Waals surface area contributed by atoms with Crippen molar-refractivity contribution in [2.24, 2.45) is 0 Å². The normalized spacial score (nSPS) is 11.9. The van der Waals surface area contributed by atoms with Crippen LogP contribution < -0.4 is 5.32 Å². The predicted molar refractivity (Wildman–Crippen MR) is 123 cm³/mol. The summed E-state index contributed by atoms with van der Waals surface area (Å²) in [7, 11) is -4.17. The highest BCUT2D eigenvalue weighted by molar-refractivity contribution is 7.89. The van der Waals surface area contributed by atoms with Crippen LogP contribution in [-0.4, -0.2) is 18.8 Å². The lowest BCUT2D eigenvalue weighted by atomic mass is 10.2. The van der Waals surface area contributed by atoms with Gasteiger partial charge in [0.1, 0.15) is 10.7 Å². The first-order valence-corrected chi connectivity index (χ1v) is 11.9. The van der Waals surface area contributed by atoms with E-state index in [2.05, 4.69) is 5.32 Å². The third-order valence-electron chi connectivity index (χ3n) is 4.80. The molecule has 0 aliphatic rings. The molecule has 0 bridgehead atoms. The molecule has 31 heavy (non-hydrogen) atoms. The van der Waals surface area contributed by atoms with E-state index in [0.717, 1.165) is 11.1 Å². The summed E-state index contributed by atoms with van der Waals surface area (Å²) >= 11 is 6.19. The van der Waals surface area contributed by atoms with Crippen LogP contribution in [0.25, 0.3) is 0 Å². The fourth-order valence-corrected chi connectivity index (χ4v) is 5.04. The molecule has 164 valence electrons. The summed E-state index contributed by atoms with van der Waals surface area (Å²) < 4.78 is 43.8. The molecule has 0 heterocycles. The van der Waals surface area contributed by atoms with Crippen molar-refractivity contribution < 1.29 is 12.8 Å². The Morgan fingerprint density at radius 3 is 1.94 bits per heavy atom. The maximum absolute atomic E-state index is 15.3. The summed E-state index contributed by atoms with van der Waals surface area (Å²) in [5.41, 5.74) is 1.84. The molecule has 0 saturated heterocycles. The lowest BCUT2D eigenvalue weighted by Gasteiger charge is -2.24. The second-order valence-electron chi connectivity index (χ2n) is 7.66. The summed E-state index contributed by atoms with van der Waals surface area (Å²) in [5.74, 6) is -0.774. The molecule has 0 fully saturated rings. The van der Waals surface area contributed by atoms with Gasteiger partial charge in [-0.3, -0.25) is 0 Å². The quantitative estimate of drug-likeness (QED) is 0.467. The summed E-state index contributed by atoms with van der Waals surface area (Å²) in [6.45, 7) is 4.28. The molecule has 0 unspecified atom stereocenters. The molecule has 0 amide bonds. The number of hydrogen-bond donors (Lipinski definition) is 1. The van der Waals surface area contributed by atoms with Gasteiger partial charge in [0.25, 0.3) is 0 Å². The van der Waals surface area contributed by atoms with Gasteiger partial charge in [0.15, 0.2) is 0 Å². The average molecular weight is 461 g/mol. The van der Waals surface area contributed by atoms with Gasteiger partial charge >= 0.3 is 0 Å². The zero-order chi connectivity index (χ0) is 22.4. The molecular formula is C24H26ClFN2O2S. The second-order valence-corrected chi connectivity index (χ2v) is 10.00. The number of nitrogens with one attached hydrogen (secondary N) is 1. The first-order chi connectivity index (χ1) is 14.8. The molecule has 0 aliphatic carbocycles. The van der Waals surface area contributed by atoms with E-state index in [9.17, 15) is 8.42 Å². The Kier molecular flexibility index (Phi) is 7.84. The van der Waals surface area contributed by atoms with Gasteiger partial charge in [-0.25, -0.2) is 12.8 Å². The number of benzene rings is 3. The number of nitrogens with zero attached hydrogens (tertiary/aromatic N) is 1. The van der Waals surface area contributed by atoms with E-state index in [1.54, 1.807) is 0 Å². The number of hydrogen-bond acceptors (Lipinski definition) is 3. The first kappa shape index (κ1) is 23.4. The van der Waals surface area contributed by atoms with Gasteiger partial charge in [0, 0.05) is 36.3 Å². The van der Waals surface area contributed by atoms with Crippen LogP contribution in [0.1, 0.15) is 30.5 Å². The zero-order valence-electron chi connectivity index (χ0n) is 17.6. The maximum atomic E-state index is 15.3. The molecule has 0 atom stereocenters. The smallest absolute Gasteiger partial charge is 0.246 e. The zero-order valence-corrected chi connectivity index (χ0v) is 19.1. The molecule has 3 rings (SSSR count). The van der Waals surface area contributed by atoms with Gasteiger partial charge in [-0.05, 0) is 23.3 Å². The van der Waals surface area contributed by atoms with E-state index in [1.165, 1.54) is 16.4 Å². The lowest BCUT2D eigenvalue weighted by Crippen LogP contribution is -2.31. The maximum Gasteiger partial charge on any atom is 0.246 e. The Balaban J connectivity index is 2.03. The Morgan fingerprint density at radius 2 is 1.45 bits per heavy atom. The van der Waals surface area contributed by atoms with Gasteiger partial charge in [0.05, 0.1) is 0 Å². The van der Waals surface area contributed by atoms with Gasteiger partial charge in [-0.2, -0.15) is 4.31 Å². The second kappa shape index (κ2) is 10.4. The summed E-state index contributed by atoms with van der Waals surface area (Å²) in [4.78, 5) is -0.410. The molecule has 3 aromatic rings. The largest absolute Gasteiger partial charge is 0.310 e. The van der Waals surface area contributed by atoms with E-state index in [-0.39, 0.29) is 36.3 Å². The minimum Gasteiger partial charge on any atom is -0.310 e. The summed E-state index contributed by atoms with van der Waals surface area (Å²) in [5, 5.41) is 3.29. The molecule has 4 nitrogen and oxygen atoms in total. The van der Waals surface area contributed by atoms with Crippen LogP contribution in [0.4, 0.5) is 4.39 Å². The van der Waals surface area contributed by atoms with Crippen LogP contribution in [0.5, 0.6) is 0 Å². The molecule has 1 N–H and O–H groups in total. The SMILES string of the molecule is CC(C)NCc1cc(Cl)cc(S(=O)(=O)N(Cc2ccccc2)Cc2ccccc2)c1F. The number of sulfonamides is 1. The van der Waals surface area contributed by atoms with E-state index < -0.39 is 20.7 Å². The van der Waals surface area contributed by atoms with Crippen LogP contribution in [0, 0.1) is 5.82 Å². The fraction of sp³-hybridized carbons (Fsp3) is 0.250. The monoisotopic (exact) mass is 460 g/mol. The van der Waals surface area contributed by atoms with E-state index >= 15 is 4.39 Å². The Morgan fingerprint density at radius 1 is 0.935 bits per heavy atom. The molecule has 3 aromatic carbocycles. The van der Waals surface area contributed by atoms with Crippen molar-refractivity contribution in [3.8, 4) is 0 Å². The van der Waals surface area contributed by atoms with Gasteiger partial charge in [0.2, 0.25) is 10.0 Å². The standard InChI is InChI=1S/C24H26ClFN2O2S/c1-18(2)27-15-21-13-22(25)14-23(24(21)26)31(29,30)28(16-19-9-5-3-6-10-19)17-20-11-7-4-8-12-20/h3-14,18,27H,15-17H2,1-2H3. The van der Waals surface area contributed by atoms with E-state index in [4.69, 9.17) is 11.6 Å². The van der Waals surface area contributed by atoms with Gasteiger partial charge in [-0.1, -0.05) is 86.1 Å². The van der Waals surface area contributed by atoms with Crippen molar-refractivity contribution in [3.05, 3.63) is 100 Å². The summed E-state index contributed by atoms with van der Waals surface area (Å²) in [6, 6.07) is 21.3. The van der Waals surface area contributed by atoms with Crippen molar-refractivity contribution in [1.29, 1.82) is 0 Å². The molecule has 0 aliphatic heterocycles. The average Bonchev–Trinajstić information content (AvgIpc) is 2.75. The molecule has 0 aromatic heterocycles. The van der Waals surface area contributed by atoms with Crippen molar-refractivity contribution >= 4 is 21.6 Å². The molecule has 7 heteroatoms. The summed E-state index contributed by atoms with van der Waals surface area (Å²) in [6.07, 6.45) is 0. The molecule has 0 spiro atoms. The van der Waals surface area contributed by atoms with E-state index in [0.29, 0.717) is 0 Å². The highest BCUT2D eigenvalue weighted by atomic mass is 35.5. The first-order valence-electron chi connectivity index (χ1n) is 10.1. The van der Waals surface area contributed by atoms with Gasteiger partial charge < -0.3 is 5.32 Å². The third kappa shape index (κ3) is 6.14. The lowest BCUT2D eigenvalue weighted by molar-refractivity contribution is 0.397. The van der Waals surface area contributed by atoms with Crippen molar-refractivity contribution in [1.82, 2.24) is 9.62 Å². The van der Waals surface area contributed by atoms with Gasteiger partial charge in [-0.15, -0.1) is 0 Å². The van der Waals surface area contributed by atoms with Crippen LogP contribution in [0.3, 0.4) is 0 Å². The topological polar surface area (TPSA) is 49.4 Å². The van der Waals surface area contributed by atoms with Crippen LogP contribution in [0.15, 0.2) is 77.7 Å². The highest BCUT2D eigenvalue weighted by Gasteiger charge is 2.29. The fourth-order valence-electron chi connectivity index (χ4n) is 3.19. The van der Waals surface area contributed by atoms with Crippen LogP contribution in [0.2, 0.25) is 5.02 Å². The predicted octanol–water partition coefficient (Wildman–Crippen LogP) is 5.37. The van der Waals surface area contributed by atoms with Crippen molar-refractivity contribution in [2.45, 2.75) is 44.4 Å². The molecule has 0 saturated carbocycles. The Hall–Kier alpha value is -2.25. The van der Waals surface area contributed by atoms with Crippen molar-refractivity contribution in [2.75, 3.05) is 0 Å². The van der Waals surface area contributed by atoms with Crippen LogP contribution in [-0.2, 0) is 29.7 Å². The van der Waals surface area contributed by atoms with E-state index in [1.807, 2.05) is 74.5 Å². The minimum atomic E-state index is -4.17. The molecular weight excluding hydrogens is 435 g/mol. The minimum absolute atomic E-state index is 0.115. The number of halogens is 2. The Bertz CT molecular complexity index is 1070. The third-order valence-corrected chi connectivity index (χ3v) is 6.81. The van der Waals surface area contributed by atoms with Crippen molar-refractivity contribution in [3.63, 3.8) is 0 Å². The Labute approximate surface area is 188 Å². The molecule has 0 radical (unpaired) electrons. The highest BCUT2D eigenvalue weighted by Crippen LogP contribution is 2.28. The number of rotatable bonds is 9. The van der Waals surface area contributed by atoms with Crippen LogP contribution >= 0.6 is 11.6 Å².